The smallest absolute Gasteiger partial charge is 0.274 e. The second-order valence-corrected chi connectivity index (χ2v) is 6.92. The van der Waals surface area contributed by atoms with E-state index in [1.54, 1.807) is 24.3 Å². The summed E-state index contributed by atoms with van der Waals surface area (Å²) in [5.74, 6) is 0.284. The van der Waals surface area contributed by atoms with Gasteiger partial charge in [-0.2, -0.15) is 0 Å². The molecule has 0 unspecified atom stereocenters. The van der Waals surface area contributed by atoms with Gasteiger partial charge < -0.3 is 5.32 Å². The number of nitro groups is 1. The highest BCUT2D eigenvalue weighted by molar-refractivity contribution is 6.36. The minimum Gasteiger partial charge on any atom is -0.376 e. The molecule has 1 N–H and O–H groups in total. The fraction of sp³-hybridized carbons (Fsp3) is 0.222. The summed E-state index contributed by atoms with van der Waals surface area (Å²) >= 11 is 12.8. The molecule has 0 fully saturated rings. The van der Waals surface area contributed by atoms with Crippen LogP contribution in [0.25, 0.3) is 0 Å². The third-order valence-electron chi connectivity index (χ3n) is 4.88. The largest absolute Gasteiger partial charge is 0.376 e. The number of rotatable bonds is 2. The molecule has 1 aliphatic carbocycles. The number of hydrogen-bond acceptors (Lipinski definition) is 3. The zero-order chi connectivity index (χ0) is 16.8. The molecule has 6 heteroatoms. The van der Waals surface area contributed by atoms with Crippen molar-refractivity contribution < 1.29 is 4.92 Å². The Morgan fingerprint density at radius 3 is 2.67 bits per heavy atom. The lowest BCUT2D eigenvalue weighted by Gasteiger charge is -2.38. The van der Waals surface area contributed by atoms with E-state index in [2.05, 4.69) is 17.5 Å². The summed E-state index contributed by atoms with van der Waals surface area (Å²) in [7, 11) is 0. The third kappa shape index (κ3) is 2.29. The molecule has 1 heterocycles. The summed E-state index contributed by atoms with van der Waals surface area (Å²) in [5, 5.41) is 16.1. The van der Waals surface area contributed by atoms with E-state index < -0.39 is 0 Å². The van der Waals surface area contributed by atoms with Crippen molar-refractivity contribution in [2.45, 2.75) is 18.4 Å². The monoisotopic (exact) mass is 360 g/mol. The predicted octanol–water partition coefficient (Wildman–Crippen LogP) is 5.73. The molecule has 4 nitrogen and oxygen atoms in total. The minimum atomic E-state index is -0.330. The van der Waals surface area contributed by atoms with Gasteiger partial charge in [0, 0.05) is 22.6 Å². The second kappa shape index (κ2) is 5.80. The van der Waals surface area contributed by atoms with E-state index in [0.717, 1.165) is 17.7 Å². The number of nitrogens with zero attached hydrogens (tertiary/aromatic N) is 1. The van der Waals surface area contributed by atoms with Crippen molar-refractivity contribution in [2.24, 2.45) is 5.92 Å². The van der Waals surface area contributed by atoms with Gasteiger partial charge in [-0.1, -0.05) is 53.6 Å². The summed E-state index contributed by atoms with van der Waals surface area (Å²) in [6, 6.07) is 10.3. The number of anilines is 1. The molecule has 0 bridgehead atoms. The zero-order valence-electron chi connectivity index (χ0n) is 12.6. The van der Waals surface area contributed by atoms with Crippen LogP contribution in [-0.2, 0) is 0 Å². The lowest BCUT2D eigenvalue weighted by molar-refractivity contribution is -0.385. The van der Waals surface area contributed by atoms with E-state index in [-0.39, 0.29) is 28.5 Å². The Labute approximate surface area is 149 Å². The molecule has 1 aliphatic heterocycles. The summed E-state index contributed by atoms with van der Waals surface area (Å²) in [5.41, 5.74) is 2.57. The Bertz CT molecular complexity index is 866. The average Bonchev–Trinajstić information content (AvgIpc) is 3.06. The Kier molecular flexibility index (Phi) is 3.74. The first-order chi connectivity index (χ1) is 11.6. The normalized spacial score (nSPS) is 24.2. The van der Waals surface area contributed by atoms with Crippen LogP contribution in [0.5, 0.6) is 0 Å². The van der Waals surface area contributed by atoms with Gasteiger partial charge in [0.1, 0.15) is 0 Å². The molecule has 3 atom stereocenters. The number of halogens is 2. The van der Waals surface area contributed by atoms with Crippen LogP contribution in [0.2, 0.25) is 10.0 Å². The quantitative estimate of drug-likeness (QED) is 0.422. The Morgan fingerprint density at radius 1 is 1.12 bits per heavy atom. The van der Waals surface area contributed by atoms with Crippen molar-refractivity contribution >= 4 is 34.6 Å². The lowest BCUT2D eigenvalue weighted by atomic mass is 9.76. The van der Waals surface area contributed by atoms with Crippen molar-refractivity contribution in [3.8, 4) is 0 Å². The van der Waals surface area contributed by atoms with Crippen molar-refractivity contribution in [1.29, 1.82) is 0 Å². The SMILES string of the molecule is O=[N+]([O-])c1ccccc1[C@@H]1Nc2c(Cl)ccc(Cl)c2[C@H]2C=CC[C@@H]21. The Balaban J connectivity index is 1.88. The summed E-state index contributed by atoms with van der Waals surface area (Å²) in [4.78, 5) is 11.1. The molecule has 2 aliphatic rings. The van der Waals surface area contributed by atoms with E-state index in [0.29, 0.717) is 15.6 Å². The maximum Gasteiger partial charge on any atom is 0.274 e. The van der Waals surface area contributed by atoms with Crippen LogP contribution in [0.1, 0.15) is 29.5 Å². The maximum absolute atomic E-state index is 11.4. The summed E-state index contributed by atoms with van der Waals surface area (Å²) in [6.07, 6.45) is 5.09. The third-order valence-corrected chi connectivity index (χ3v) is 5.53. The molecule has 0 spiro atoms. The van der Waals surface area contributed by atoms with Crippen LogP contribution in [0.3, 0.4) is 0 Å². The number of nitrogens with one attached hydrogen (secondary N) is 1. The van der Waals surface area contributed by atoms with E-state index in [1.807, 2.05) is 12.1 Å². The van der Waals surface area contributed by atoms with Crippen LogP contribution in [0.15, 0.2) is 48.6 Å². The summed E-state index contributed by atoms with van der Waals surface area (Å²) < 4.78 is 0. The van der Waals surface area contributed by atoms with Crippen molar-refractivity contribution in [3.63, 3.8) is 0 Å². The van der Waals surface area contributed by atoms with E-state index in [9.17, 15) is 10.1 Å². The first-order valence-corrected chi connectivity index (χ1v) is 8.48. The summed E-state index contributed by atoms with van der Waals surface area (Å²) in [6.45, 7) is 0. The minimum absolute atomic E-state index is 0.109. The van der Waals surface area contributed by atoms with Gasteiger partial charge in [-0.15, -0.1) is 0 Å². The Morgan fingerprint density at radius 2 is 1.88 bits per heavy atom. The van der Waals surface area contributed by atoms with Crippen molar-refractivity contribution in [2.75, 3.05) is 5.32 Å². The van der Waals surface area contributed by atoms with Crippen LogP contribution in [0.4, 0.5) is 11.4 Å². The predicted molar refractivity (Wildman–Crippen MR) is 95.9 cm³/mol. The van der Waals surface area contributed by atoms with Crippen LogP contribution in [-0.4, -0.2) is 4.92 Å². The zero-order valence-corrected chi connectivity index (χ0v) is 14.1. The topological polar surface area (TPSA) is 55.2 Å². The molecule has 0 aromatic heterocycles. The molecule has 24 heavy (non-hydrogen) atoms. The molecular weight excluding hydrogens is 347 g/mol. The molecule has 2 aromatic carbocycles. The first kappa shape index (κ1) is 15.5. The fourth-order valence-electron chi connectivity index (χ4n) is 3.85. The van der Waals surface area contributed by atoms with Gasteiger partial charge in [-0.25, -0.2) is 0 Å². The van der Waals surface area contributed by atoms with E-state index >= 15 is 0 Å². The fourth-order valence-corrected chi connectivity index (χ4v) is 4.36. The highest BCUT2D eigenvalue weighted by atomic mass is 35.5. The van der Waals surface area contributed by atoms with Crippen LogP contribution < -0.4 is 5.32 Å². The molecule has 0 radical (unpaired) electrons. The molecular formula is C18H14Cl2N2O2. The number of fused-ring (bicyclic) bond motifs is 3. The Hall–Kier alpha value is -2.04. The van der Waals surface area contributed by atoms with Crippen molar-refractivity contribution in [1.82, 2.24) is 0 Å². The lowest BCUT2D eigenvalue weighted by Crippen LogP contribution is -2.30. The van der Waals surface area contributed by atoms with Crippen LogP contribution >= 0.6 is 23.2 Å². The number of para-hydroxylation sites is 1. The van der Waals surface area contributed by atoms with Gasteiger partial charge in [-0.3, -0.25) is 10.1 Å². The number of allylic oxidation sites excluding steroid dienone is 2. The highest BCUT2D eigenvalue weighted by Crippen LogP contribution is 2.54. The van der Waals surface area contributed by atoms with Gasteiger partial charge in [0.2, 0.25) is 0 Å². The molecule has 2 aromatic rings. The number of hydrogen-bond donors (Lipinski definition) is 1. The molecule has 0 amide bonds. The van der Waals surface area contributed by atoms with Crippen molar-refractivity contribution in [3.05, 3.63) is 79.8 Å². The number of benzene rings is 2. The van der Waals surface area contributed by atoms with Gasteiger partial charge in [-0.05, 0) is 24.5 Å². The standard InChI is InChI=1S/C18H14Cl2N2O2/c19-13-8-9-14(20)18-16(13)10-5-3-6-11(10)17(21-18)12-4-1-2-7-15(12)22(23)24/h1-5,7-11,17,21H,6H2/t10-,11-,17+/m0/s1. The highest BCUT2D eigenvalue weighted by Gasteiger charge is 2.41. The van der Waals surface area contributed by atoms with Gasteiger partial charge >= 0.3 is 0 Å². The molecule has 0 saturated carbocycles. The molecule has 0 saturated heterocycles. The maximum atomic E-state index is 11.4. The molecule has 122 valence electrons. The number of nitro benzene ring substituents is 1. The second-order valence-electron chi connectivity index (χ2n) is 6.11. The van der Waals surface area contributed by atoms with E-state index in [1.165, 1.54) is 0 Å². The average molecular weight is 361 g/mol. The van der Waals surface area contributed by atoms with Gasteiger partial charge in [0.15, 0.2) is 0 Å². The first-order valence-electron chi connectivity index (χ1n) is 7.72. The molecule has 4 rings (SSSR count). The van der Waals surface area contributed by atoms with Gasteiger partial charge in [0.05, 0.1) is 27.2 Å². The van der Waals surface area contributed by atoms with Crippen LogP contribution in [0, 0.1) is 16.0 Å². The van der Waals surface area contributed by atoms with Gasteiger partial charge in [0.25, 0.3) is 5.69 Å². The van der Waals surface area contributed by atoms with E-state index in [4.69, 9.17) is 23.2 Å².